The van der Waals surface area contributed by atoms with Gasteiger partial charge in [0.15, 0.2) is 0 Å². The Balaban J connectivity index is 4.38. The van der Waals surface area contributed by atoms with Crippen molar-refractivity contribution in [3.05, 3.63) is 0 Å². The van der Waals surface area contributed by atoms with Crippen LogP contribution >= 0.6 is 0 Å². The van der Waals surface area contributed by atoms with Gasteiger partial charge in [0.2, 0.25) is 0 Å². The van der Waals surface area contributed by atoms with Gasteiger partial charge in [-0.2, -0.15) is 0 Å². The van der Waals surface area contributed by atoms with Crippen LogP contribution in [-0.4, -0.2) is 74.6 Å². The maximum absolute atomic E-state index is 12.2. The van der Waals surface area contributed by atoms with E-state index in [1.807, 2.05) is 0 Å². The van der Waals surface area contributed by atoms with Crippen molar-refractivity contribution < 1.29 is 42.9 Å². The number of ether oxygens (including phenoxy) is 5. The van der Waals surface area contributed by atoms with E-state index in [2.05, 4.69) is 4.74 Å². The highest BCUT2D eigenvalue weighted by Gasteiger charge is 2.32. The Hall–Kier alpha value is -1.91. The number of methoxy groups -OCH3 is 1. The van der Waals surface area contributed by atoms with Gasteiger partial charge in [0.05, 0.1) is 33.5 Å². The predicted molar refractivity (Wildman–Crippen MR) is 93.9 cm³/mol. The van der Waals surface area contributed by atoms with Crippen molar-refractivity contribution in [1.82, 2.24) is 5.06 Å². The summed E-state index contributed by atoms with van der Waals surface area (Å²) in [5.41, 5.74) is -1.62. The number of amides is 2. The molecule has 10 heteroatoms. The molecular formula is C17H31NO9. The van der Waals surface area contributed by atoms with Crippen molar-refractivity contribution >= 4 is 18.2 Å². The van der Waals surface area contributed by atoms with E-state index in [1.54, 1.807) is 41.5 Å². The zero-order chi connectivity index (χ0) is 21.1. The van der Waals surface area contributed by atoms with Crippen molar-refractivity contribution in [3.8, 4) is 0 Å². The number of carbonyl (C=O) groups excluding carboxylic acids is 3. The highest BCUT2D eigenvalue weighted by molar-refractivity contribution is 5.86. The molecule has 0 heterocycles. The Kier molecular flexibility index (Phi) is 10.9. The lowest BCUT2D eigenvalue weighted by Crippen LogP contribution is -2.44. The van der Waals surface area contributed by atoms with Gasteiger partial charge < -0.3 is 23.7 Å². The van der Waals surface area contributed by atoms with Crippen LogP contribution in [0.25, 0.3) is 0 Å². The lowest BCUT2D eigenvalue weighted by molar-refractivity contribution is -0.149. The number of nitrogens with zero attached hydrogens (tertiary/aromatic N) is 1. The first-order valence-corrected chi connectivity index (χ1v) is 8.47. The van der Waals surface area contributed by atoms with Crippen LogP contribution in [0, 0.1) is 0 Å². The molecule has 0 fully saturated rings. The highest BCUT2D eigenvalue weighted by Crippen LogP contribution is 2.14. The summed E-state index contributed by atoms with van der Waals surface area (Å²) in [6.45, 7) is 10.2. The molecule has 0 radical (unpaired) electrons. The summed E-state index contributed by atoms with van der Waals surface area (Å²) in [5.74, 6) is -0.483. The van der Waals surface area contributed by atoms with Crippen molar-refractivity contribution in [2.45, 2.75) is 52.7 Å². The van der Waals surface area contributed by atoms with E-state index in [0.29, 0.717) is 5.06 Å². The standard InChI is InChI=1S/C17H31NO9/c1-16(2,3)26-14(20)18(15(21)27-17(4,5)6)25-11-10-23-8-9-24-12-13(19)22-7/h8-12H2,1-7H3. The van der Waals surface area contributed by atoms with Crippen molar-refractivity contribution in [2.24, 2.45) is 0 Å². The number of rotatable bonds is 9. The van der Waals surface area contributed by atoms with Crippen molar-refractivity contribution in [3.63, 3.8) is 0 Å². The smallest absolute Gasteiger partial charge is 0.444 e. The molecule has 0 aromatic rings. The van der Waals surface area contributed by atoms with E-state index < -0.39 is 29.4 Å². The summed E-state index contributed by atoms with van der Waals surface area (Å²) in [7, 11) is 1.26. The second kappa shape index (κ2) is 11.7. The van der Waals surface area contributed by atoms with Crippen LogP contribution < -0.4 is 0 Å². The second-order valence-electron chi connectivity index (χ2n) is 7.33. The fraction of sp³-hybridized carbons (Fsp3) is 0.824. The molecule has 0 bridgehead atoms. The predicted octanol–water partition coefficient (Wildman–Crippen LogP) is 2.30. The van der Waals surface area contributed by atoms with Crippen LogP contribution in [0.2, 0.25) is 0 Å². The van der Waals surface area contributed by atoms with E-state index in [9.17, 15) is 14.4 Å². The number of carbonyl (C=O) groups is 3. The van der Waals surface area contributed by atoms with E-state index in [0.717, 1.165) is 0 Å². The zero-order valence-electron chi connectivity index (χ0n) is 17.2. The van der Waals surface area contributed by atoms with Crippen molar-refractivity contribution in [2.75, 3.05) is 40.1 Å². The fourth-order valence-corrected chi connectivity index (χ4v) is 1.41. The first-order valence-electron chi connectivity index (χ1n) is 8.47. The third-order valence-corrected chi connectivity index (χ3v) is 2.39. The fourth-order valence-electron chi connectivity index (χ4n) is 1.41. The van der Waals surface area contributed by atoms with Crippen molar-refractivity contribution in [1.29, 1.82) is 0 Å². The van der Waals surface area contributed by atoms with Gasteiger partial charge in [-0.15, -0.1) is 0 Å². The first kappa shape index (κ1) is 25.1. The summed E-state index contributed by atoms with van der Waals surface area (Å²) in [6, 6.07) is 0. The summed E-state index contributed by atoms with van der Waals surface area (Å²) < 4.78 is 24.9. The Morgan fingerprint density at radius 3 is 1.63 bits per heavy atom. The van der Waals surface area contributed by atoms with Gasteiger partial charge in [0.25, 0.3) is 0 Å². The van der Waals surface area contributed by atoms with Gasteiger partial charge in [0.1, 0.15) is 17.8 Å². The molecule has 0 rings (SSSR count). The molecule has 10 nitrogen and oxygen atoms in total. The molecule has 0 aliphatic heterocycles. The van der Waals surface area contributed by atoms with Crippen LogP contribution in [0.1, 0.15) is 41.5 Å². The minimum atomic E-state index is -0.988. The topological polar surface area (TPSA) is 110 Å². The molecule has 158 valence electrons. The van der Waals surface area contributed by atoms with Crippen LogP contribution in [0.4, 0.5) is 9.59 Å². The zero-order valence-corrected chi connectivity index (χ0v) is 17.2. The quantitative estimate of drug-likeness (QED) is 0.252. The van der Waals surface area contributed by atoms with E-state index in [-0.39, 0.29) is 33.0 Å². The third-order valence-electron chi connectivity index (χ3n) is 2.39. The minimum absolute atomic E-state index is 0.0731. The van der Waals surface area contributed by atoms with Crippen LogP contribution in [-0.2, 0) is 33.3 Å². The first-order chi connectivity index (χ1) is 12.4. The third kappa shape index (κ3) is 13.9. The van der Waals surface area contributed by atoms with Crippen LogP contribution in [0.5, 0.6) is 0 Å². The number of esters is 1. The maximum atomic E-state index is 12.2. The molecule has 0 aromatic heterocycles. The Bertz CT molecular complexity index is 452. The summed E-state index contributed by atoms with van der Waals surface area (Å²) in [4.78, 5) is 40.3. The summed E-state index contributed by atoms with van der Waals surface area (Å²) in [5, 5.41) is 0.424. The molecule has 0 aliphatic carbocycles. The lowest BCUT2D eigenvalue weighted by atomic mass is 10.2. The number of hydrogen-bond acceptors (Lipinski definition) is 9. The number of hydrogen-bond donors (Lipinski definition) is 0. The SMILES string of the molecule is COC(=O)COCCOCCON(C(=O)OC(C)(C)C)C(=O)OC(C)(C)C. The Morgan fingerprint density at radius 1 is 0.741 bits per heavy atom. The molecule has 0 spiro atoms. The molecule has 0 saturated carbocycles. The van der Waals surface area contributed by atoms with E-state index in [4.69, 9.17) is 23.8 Å². The summed E-state index contributed by atoms with van der Waals surface area (Å²) >= 11 is 0. The summed E-state index contributed by atoms with van der Waals surface area (Å²) in [6.07, 6.45) is -1.98. The largest absolute Gasteiger partial charge is 0.467 e. The maximum Gasteiger partial charge on any atom is 0.444 e. The lowest BCUT2D eigenvalue weighted by Gasteiger charge is -2.27. The Labute approximate surface area is 159 Å². The molecule has 0 unspecified atom stereocenters. The molecule has 0 N–H and O–H groups in total. The normalized spacial score (nSPS) is 11.7. The highest BCUT2D eigenvalue weighted by atomic mass is 16.8. The Morgan fingerprint density at radius 2 is 1.19 bits per heavy atom. The van der Waals surface area contributed by atoms with Crippen LogP contribution in [0.3, 0.4) is 0 Å². The average Bonchev–Trinajstić information content (AvgIpc) is 2.49. The number of imide groups is 1. The average molecular weight is 393 g/mol. The van der Waals surface area contributed by atoms with Gasteiger partial charge in [-0.3, -0.25) is 4.84 Å². The molecule has 0 aliphatic rings. The molecule has 2 amide bonds. The van der Waals surface area contributed by atoms with Gasteiger partial charge in [-0.1, -0.05) is 5.06 Å². The monoisotopic (exact) mass is 393 g/mol. The molecule has 0 saturated heterocycles. The van der Waals surface area contributed by atoms with Gasteiger partial charge in [-0.05, 0) is 41.5 Å². The second-order valence-corrected chi connectivity index (χ2v) is 7.33. The van der Waals surface area contributed by atoms with Gasteiger partial charge in [0, 0.05) is 0 Å². The molecular weight excluding hydrogens is 362 g/mol. The van der Waals surface area contributed by atoms with Gasteiger partial charge in [-0.25, -0.2) is 14.4 Å². The molecule has 0 aromatic carbocycles. The van der Waals surface area contributed by atoms with Gasteiger partial charge >= 0.3 is 18.2 Å². The minimum Gasteiger partial charge on any atom is -0.467 e. The number of hydroxylamine groups is 2. The van der Waals surface area contributed by atoms with Crippen LogP contribution in [0.15, 0.2) is 0 Å². The molecule has 0 atom stereocenters. The van der Waals surface area contributed by atoms with E-state index in [1.165, 1.54) is 7.11 Å². The van der Waals surface area contributed by atoms with E-state index >= 15 is 0 Å². The molecule has 27 heavy (non-hydrogen) atoms.